The molecule has 28 heavy (non-hydrogen) atoms. The van der Waals surface area contributed by atoms with Crippen molar-refractivity contribution in [2.75, 3.05) is 6.54 Å². The zero-order valence-corrected chi connectivity index (χ0v) is 17.0. The van der Waals surface area contributed by atoms with Crippen molar-refractivity contribution in [1.82, 2.24) is 9.88 Å². The molecular weight excluding hydrogens is 370 g/mol. The number of benzene rings is 2. The Morgan fingerprint density at radius 3 is 2.54 bits per heavy atom. The zero-order valence-electron chi connectivity index (χ0n) is 16.2. The largest absolute Gasteiger partial charge is 0.510 e. The molecule has 0 bridgehead atoms. The molecule has 0 unspecified atom stereocenters. The lowest BCUT2D eigenvalue weighted by Gasteiger charge is -2.22. The quantitative estimate of drug-likeness (QED) is 0.636. The molecule has 2 heterocycles. The molecule has 4 rings (SSSR count). The predicted molar refractivity (Wildman–Crippen MR) is 114 cm³/mol. The first-order valence-corrected chi connectivity index (χ1v) is 10.0. The molecule has 0 amide bonds. The third-order valence-electron chi connectivity index (χ3n) is 4.41. The van der Waals surface area contributed by atoms with Crippen LogP contribution in [0.3, 0.4) is 0 Å². The number of aliphatic hydroxyl groups is 1. The standard InChI is InChI=1S/C22H23N3O2S/c1-22(2,3)27-15-10-8-14(9-11-15)12-25-13-17(26)19(20(25)23)21-24-16-6-4-5-7-18(16)28-21/h4-11,23,26H,12-13H2,1-3H3. The summed E-state index contributed by atoms with van der Waals surface area (Å²) in [5, 5.41) is 19.8. The van der Waals surface area contributed by atoms with Crippen molar-refractivity contribution < 1.29 is 9.84 Å². The van der Waals surface area contributed by atoms with Gasteiger partial charge in [0.25, 0.3) is 0 Å². The first kappa shape index (κ1) is 18.5. The summed E-state index contributed by atoms with van der Waals surface area (Å²) in [4.78, 5) is 6.46. The number of rotatable bonds is 4. The molecule has 0 saturated carbocycles. The molecule has 3 aromatic rings. The second-order valence-electron chi connectivity index (χ2n) is 7.87. The normalized spacial score (nSPS) is 15.0. The van der Waals surface area contributed by atoms with Crippen molar-refractivity contribution in [1.29, 1.82) is 5.41 Å². The Kier molecular flexibility index (Phi) is 4.59. The first-order valence-electron chi connectivity index (χ1n) is 9.20. The number of amidine groups is 1. The summed E-state index contributed by atoms with van der Waals surface area (Å²) >= 11 is 1.50. The van der Waals surface area contributed by atoms with Crippen LogP contribution < -0.4 is 4.74 Å². The van der Waals surface area contributed by atoms with Crippen LogP contribution in [0, 0.1) is 5.41 Å². The lowest BCUT2D eigenvalue weighted by Crippen LogP contribution is -2.26. The van der Waals surface area contributed by atoms with E-state index in [2.05, 4.69) is 4.98 Å². The van der Waals surface area contributed by atoms with Gasteiger partial charge in [0, 0.05) is 6.54 Å². The molecular formula is C22H23N3O2S. The Morgan fingerprint density at radius 2 is 1.86 bits per heavy atom. The fourth-order valence-corrected chi connectivity index (χ4v) is 4.24. The number of nitrogens with zero attached hydrogens (tertiary/aromatic N) is 2. The number of hydrogen-bond acceptors (Lipinski definition) is 5. The predicted octanol–water partition coefficient (Wildman–Crippen LogP) is 5.24. The molecule has 0 saturated heterocycles. The van der Waals surface area contributed by atoms with Crippen molar-refractivity contribution in [3.8, 4) is 5.75 Å². The molecule has 6 heteroatoms. The van der Waals surface area contributed by atoms with E-state index in [9.17, 15) is 5.11 Å². The average Bonchev–Trinajstić information content (AvgIpc) is 3.16. The maximum Gasteiger partial charge on any atom is 0.135 e. The van der Waals surface area contributed by atoms with E-state index in [1.54, 1.807) is 0 Å². The molecule has 0 aliphatic carbocycles. The highest BCUT2D eigenvalue weighted by molar-refractivity contribution is 7.19. The molecule has 2 N–H and O–H groups in total. The van der Waals surface area contributed by atoms with Crippen LogP contribution in [0.2, 0.25) is 0 Å². The fourth-order valence-electron chi connectivity index (χ4n) is 3.21. The van der Waals surface area contributed by atoms with E-state index in [0.29, 0.717) is 29.5 Å². The third kappa shape index (κ3) is 3.73. The van der Waals surface area contributed by atoms with E-state index >= 15 is 0 Å². The van der Waals surface area contributed by atoms with E-state index in [1.165, 1.54) is 11.3 Å². The van der Waals surface area contributed by atoms with Gasteiger partial charge in [0.15, 0.2) is 0 Å². The van der Waals surface area contributed by atoms with Crippen LogP contribution in [0.15, 0.2) is 54.3 Å². The van der Waals surface area contributed by atoms with Crippen LogP contribution in [-0.2, 0) is 6.54 Å². The minimum Gasteiger partial charge on any atom is -0.510 e. The lowest BCUT2D eigenvalue weighted by molar-refractivity contribution is 0.131. The Hall–Kier alpha value is -2.86. The Labute approximate surface area is 168 Å². The number of ether oxygens (including phenoxy) is 1. The molecule has 0 fully saturated rings. The molecule has 0 radical (unpaired) electrons. The van der Waals surface area contributed by atoms with E-state index in [0.717, 1.165) is 21.5 Å². The highest BCUT2D eigenvalue weighted by atomic mass is 32.1. The van der Waals surface area contributed by atoms with Crippen LogP contribution in [0.5, 0.6) is 5.75 Å². The van der Waals surface area contributed by atoms with Crippen molar-refractivity contribution in [2.45, 2.75) is 32.9 Å². The molecule has 0 spiro atoms. The van der Waals surface area contributed by atoms with Crippen LogP contribution in [0.4, 0.5) is 0 Å². The van der Waals surface area contributed by atoms with Gasteiger partial charge in [-0.15, -0.1) is 11.3 Å². The summed E-state index contributed by atoms with van der Waals surface area (Å²) in [6.45, 7) is 6.93. The smallest absolute Gasteiger partial charge is 0.135 e. The summed E-state index contributed by atoms with van der Waals surface area (Å²) in [5.41, 5.74) is 2.25. The summed E-state index contributed by atoms with van der Waals surface area (Å²) in [7, 11) is 0. The third-order valence-corrected chi connectivity index (χ3v) is 5.46. The molecule has 144 valence electrons. The van der Waals surface area contributed by atoms with Crippen molar-refractivity contribution in [3.63, 3.8) is 0 Å². The average molecular weight is 394 g/mol. The number of thiazole rings is 1. The van der Waals surface area contributed by atoms with Crippen molar-refractivity contribution >= 4 is 33.0 Å². The topological polar surface area (TPSA) is 69.4 Å². The van der Waals surface area contributed by atoms with Gasteiger partial charge in [0.2, 0.25) is 0 Å². The van der Waals surface area contributed by atoms with Crippen LogP contribution in [-0.4, -0.2) is 33.0 Å². The summed E-state index contributed by atoms with van der Waals surface area (Å²) < 4.78 is 6.91. The summed E-state index contributed by atoms with van der Waals surface area (Å²) in [5.74, 6) is 1.34. The second kappa shape index (κ2) is 6.95. The number of aliphatic hydroxyl groups excluding tert-OH is 1. The van der Waals surface area contributed by atoms with Gasteiger partial charge in [0.05, 0.1) is 22.3 Å². The number of para-hydroxylation sites is 1. The number of nitrogens with one attached hydrogen (secondary N) is 1. The minimum atomic E-state index is -0.236. The SMILES string of the molecule is CC(C)(C)Oc1ccc(CN2CC(O)=C(c3nc4ccccc4s3)C2=N)cc1. The van der Waals surface area contributed by atoms with Gasteiger partial charge < -0.3 is 14.7 Å². The number of fused-ring (bicyclic) bond motifs is 1. The van der Waals surface area contributed by atoms with Gasteiger partial charge in [-0.2, -0.15) is 0 Å². The lowest BCUT2D eigenvalue weighted by atomic mass is 10.1. The Balaban J connectivity index is 1.50. The molecule has 1 aliphatic heterocycles. The van der Waals surface area contributed by atoms with Crippen LogP contribution in [0.25, 0.3) is 15.8 Å². The van der Waals surface area contributed by atoms with Gasteiger partial charge >= 0.3 is 0 Å². The van der Waals surface area contributed by atoms with E-state index < -0.39 is 0 Å². The van der Waals surface area contributed by atoms with Gasteiger partial charge in [-0.05, 0) is 50.6 Å². The van der Waals surface area contributed by atoms with E-state index in [1.807, 2.05) is 74.2 Å². The van der Waals surface area contributed by atoms with E-state index in [-0.39, 0.29) is 11.4 Å². The first-order chi connectivity index (χ1) is 13.3. The summed E-state index contributed by atoms with van der Waals surface area (Å²) in [6, 6.07) is 15.8. The minimum absolute atomic E-state index is 0.205. The molecule has 0 atom stereocenters. The van der Waals surface area contributed by atoms with E-state index in [4.69, 9.17) is 10.1 Å². The molecule has 2 aromatic carbocycles. The van der Waals surface area contributed by atoms with Crippen molar-refractivity contribution in [2.24, 2.45) is 0 Å². The highest BCUT2D eigenvalue weighted by Gasteiger charge is 2.30. The zero-order chi connectivity index (χ0) is 19.9. The molecule has 1 aliphatic rings. The van der Waals surface area contributed by atoms with Crippen LogP contribution in [0.1, 0.15) is 31.3 Å². The summed E-state index contributed by atoms with van der Waals surface area (Å²) in [6.07, 6.45) is 0. The Bertz CT molecular complexity index is 1030. The number of aromatic nitrogens is 1. The maximum absolute atomic E-state index is 10.5. The van der Waals surface area contributed by atoms with Crippen molar-refractivity contribution in [3.05, 3.63) is 64.9 Å². The van der Waals surface area contributed by atoms with Crippen LogP contribution >= 0.6 is 11.3 Å². The monoisotopic (exact) mass is 393 g/mol. The highest BCUT2D eigenvalue weighted by Crippen LogP contribution is 2.33. The van der Waals surface area contributed by atoms with Gasteiger partial charge in [-0.25, -0.2) is 4.98 Å². The Morgan fingerprint density at radius 1 is 1.14 bits per heavy atom. The van der Waals surface area contributed by atoms with Gasteiger partial charge in [-0.1, -0.05) is 24.3 Å². The molecule has 5 nitrogen and oxygen atoms in total. The number of hydrogen-bond donors (Lipinski definition) is 2. The fraction of sp³-hybridized carbons (Fsp3) is 0.273. The second-order valence-corrected chi connectivity index (χ2v) is 8.90. The van der Waals surface area contributed by atoms with Gasteiger partial charge in [-0.3, -0.25) is 5.41 Å². The van der Waals surface area contributed by atoms with Gasteiger partial charge in [0.1, 0.15) is 28.0 Å². The molecule has 1 aromatic heterocycles. The maximum atomic E-state index is 10.5.